The van der Waals surface area contributed by atoms with E-state index >= 15 is 0 Å². The zero-order valence-electron chi connectivity index (χ0n) is 34.9. The van der Waals surface area contributed by atoms with E-state index in [1.54, 1.807) is 50.1 Å². The van der Waals surface area contributed by atoms with E-state index in [9.17, 15) is 0 Å². The van der Waals surface area contributed by atoms with Crippen molar-refractivity contribution in [3.05, 3.63) is 152 Å². The Morgan fingerprint density at radius 1 is 0.764 bits per heavy atom. The van der Waals surface area contributed by atoms with Gasteiger partial charge in [0, 0.05) is 23.7 Å². The number of fused-ring (bicyclic) bond motifs is 10. The van der Waals surface area contributed by atoms with Gasteiger partial charge in [-0.3, -0.25) is 0 Å². The van der Waals surface area contributed by atoms with Gasteiger partial charge in [-0.25, -0.2) is 0 Å². The summed E-state index contributed by atoms with van der Waals surface area (Å²) in [7, 11) is 0. The van der Waals surface area contributed by atoms with Crippen molar-refractivity contribution < 1.29 is 0 Å². The highest BCUT2D eigenvalue weighted by Crippen LogP contribution is 2.61. The molecular formula is C55H64. The molecule has 2 aromatic rings. The van der Waals surface area contributed by atoms with Crippen LogP contribution >= 0.6 is 0 Å². The largest absolute Gasteiger partial charge is 0.0799 e. The van der Waals surface area contributed by atoms with E-state index < -0.39 is 0 Å². The lowest BCUT2D eigenvalue weighted by Gasteiger charge is -2.39. The van der Waals surface area contributed by atoms with E-state index in [-0.39, 0.29) is 10.8 Å². The average Bonchev–Trinajstić information content (AvgIpc) is 3.56. The van der Waals surface area contributed by atoms with Crippen LogP contribution in [0.4, 0.5) is 0 Å². The highest BCUT2D eigenvalue weighted by Gasteiger charge is 2.49. The molecule has 8 atom stereocenters. The van der Waals surface area contributed by atoms with Crippen LogP contribution < -0.4 is 0 Å². The van der Waals surface area contributed by atoms with E-state index in [0.29, 0.717) is 35.5 Å². The fourth-order valence-electron chi connectivity index (χ4n) is 12.8. The third-order valence-corrected chi connectivity index (χ3v) is 15.7. The fourth-order valence-corrected chi connectivity index (χ4v) is 12.8. The summed E-state index contributed by atoms with van der Waals surface area (Å²) in [5, 5.41) is 0. The minimum atomic E-state index is 0.171. The maximum absolute atomic E-state index is 2.89. The molecule has 55 heavy (non-hydrogen) atoms. The molecule has 2 bridgehead atoms. The molecule has 0 nitrogen and oxygen atoms in total. The molecule has 8 aliphatic carbocycles. The lowest BCUT2D eigenvalue weighted by atomic mass is 9.64. The molecule has 8 unspecified atom stereocenters. The second-order valence-electron chi connectivity index (χ2n) is 20.8. The van der Waals surface area contributed by atoms with Crippen molar-refractivity contribution in [3.63, 3.8) is 0 Å². The second-order valence-corrected chi connectivity index (χ2v) is 20.8. The van der Waals surface area contributed by atoms with Crippen LogP contribution in [-0.2, 0) is 11.8 Å². The molecule has 10 rings (SSSR count). The third-order valence-electron chi connectivity index (χ3n) is 15.7. The van der Waals surface area contributed by atoms with Crippen molar-refractivity contribution in [2.24, 2.45) is 46.8 Å². The Bertz CT molecular complexity index is 2160. The number of benzene rings is 2. The Kier molecular flexibility index (Phi) is 8.59. The molecular weight excluding hydrogens is 661 g/mol. The Morgan fingerprint density at radius 2 is 1.58 bits per heavy atom. The van der Waals surface area contributed by atoms with Gasteiger partial charge in [-0.05, 0) is 148 Å². The molecule has 284 valence electrons. The molecule has 1 saturated carbocycles. The van der Waals surface area contributed by atoms with Gasteiger partial charge in [0.2, 0.25) is 0 Å². The van der Waals surface area contributed by atoms with Crippen LogP contribution in [0.25, 0.3) is 11.1 Å². The minimum absolute atomic E-state index is 0.171. The van der Waals surface area contributed by atoms with Crippen LogP contribution in [0.5, 0.6) is 0 Å². The van der Waals surface area contributed by atoms with Gasteiger partial charge in [-0.1, -0.05) is 163 Å². The van der Waals surface area contributed by atoms with Crippen LogP contribution in [0.1, 0.15) is 129 Å². The van der Waals surface area contributed by atoms with Gasteiger partial charge in [-0.2, -0.15) is 0 Å². The summed E-state index contributed by atoms with van der Waals surface area (Å²) in [6, 6.07) is 16.9. The van der Waals surface area contributed by atoms with Crippen LogP contribution in [0, 0.1) is 46.8 Å². The lowest BCUT2D eigenvalue weighted by molar-refractivity contribution is 0.300. The van der Waals surface area contributed by atoms with E-state index in [0.717, 1.165) is 18.3 Å². The van der Waals surface area contributed by atoms with E-state index in [2.05, 4.69) is 140 Å². The first-order valence-corrected chi connectivity index (χ1v) is 22.4. The Labute approximate surface area is 333 Å². The van der Waals surface area contributed by atoms with Crippen molar-refractivity contribution in [3.8, 4) is 11.1 Å². The fraction of sp³-hybridized carbons (Fsp3) is 0.491. The number of hydrogen-bond donors (Lipinski definition) is 0. The molecule has 0 aliphatic heterocycles. The Morgan fingerprint density at radius 3 is 2.33 bits per heavy atom. The van der Waals surface area contributed by atoms with Gasteiger partial charge < -0.3 is 0 Å². The molecule has 0 heteroatoms. The summed E-state index contributed by atoms with van der Waals surface area (Å²) in [6.45, 7) is 16.4. The summed E-state index contributed by atoms with van der Waals surface area (Å²) in [6.07, 6.45) is 34.1. The molecule has 0 radical (unpaired) electrons. The maximum Gasteiger partial charge on any atom is 0.00607 e. The summed E-state index contributed by atoms with van der Waals surface area (Å²) in [4.78, 5) is 0. The zero-order valence-corrected chi connectivity index (χ0v) is 34.9. The summed E-state index contributed by atoms with van der Waals surface area (Å²) in [5.41, 5.74) is 21.4. The maximum atomic E-state index is 2.89. The van der Waals surface area contributed by atoms with Crippen LogP contribution in [-0.4, -0.2) is 0 Å². The van der Waals surface area contributed by atoms with Crippen molar-refractivity contribution in [1.29, 1.82) is 0 Å². The lowest BCUT2D eigenvalue weighted by Crippen LogP contribution is -2.29. The summed E-state index contributed by atoms with van der Waals surface area (Å²) in [5.74, 6) is 4.93. The molecule has 0 heterocycles. The van der Waals surface area contributed by atoms with Crippen molar-refractivity contribution in [2.75, 3.05) is 0 Å². The molecule has 8 aliphatic rings. The highest BCUT2D eigenvalue weighted by molar-refractivity contribution is 5.68. The molecule has 0 aromatic heterocycles. The van der Waals surface area contributed by atoms with Crippen LogP contribution in [0.2, 0.25) is 0 Å². The van der Waals surface area contributed by atoms with Gasteiger partial charge in [0.05, 0.1) is 0 Å². The topological polar surface area (TPSA) is 0 Å². The summed E-state index contributed by atoms with van der Waals surface area (Å²) >= 11 is 0. The first kappa shape index (κ1) is 35.8. The number of rotatable bonds is 4. The quantitative estimate of drug-likeness (QED) is 0.275. The monoisotopic (exact) mass is 725 g/mol. The van der Waals surface area contributed by atoms with Gasteiger partial charge in [0.15, 0.2) is 0 Å². The Balaban J connectivity index is 1.02. The van der Waals surface area contributed by atoms with Crippen LogP contribution in [0.15, 0.2) is 136 Å². The predicted octanol–water partition coefficient (Wildman–Crippen LogP) is 14.7. The van der Waals surface area contributed by atoms with Crippen molar-refractivity contribution >= 4 is 0 Å². The van der Waals surface area contributed by atoms with Crippen molar-refractivity contribution in [2.45, 2.75) is 124 Å². The first-order valence-electron chi connectivity index (χ1n) is 22.4. The van der Waals surface area contributed by atoms with Crippen LogP contribution in [0.3, 0.4) is 0 Å². The third kappa shape index (κ3) is 5.98. The van der Waals surface area contributed by atoms with E-state index in [1.807, 2.05) is 0 Å². The standard InChI is InChI=1S/C55H64/c1-8-10-43-44-26-20-37-27-39(48(44)32-51-47-28-35(13-14-38(47)30-49(43)51)33-15-21-40(22-16-33)54(2,3)4)31-52-50-29-36(34-17-23-41(24-18-34)55(5,6)7)19-25-45(50)46-12-9-11-42(37)53(46)52/h13-17,20-24,26-29,31,34,39,44-46,48,50-51H,8-12,18-19,25,30,32H2,1-7H3. The molecule has 0 amide bonds. The molecule has 0 N–H and O–H groups in total. The van der Waals surface area contributed by atoms with E-state index in [1.165, 1.54) is 80.1 Å². The minimum Gasteiger partial charge on any atom is -0.0799 e. The summed E-state index contributed by atoms with van der Waals surface area (Å²) < 4.78 is 0. The second kappa shape index (κ2) is 13.2. The normalized spacial score (nSPS) is 32.0. The average molecular weight is 725 g/mol. The van der Waals surface area contributed by atoms with Gasteiger partial charge in [0.25, 0.3) is 0 Å². The predicted molar refractivity (Wildman–Crippen MR) is 233 cm³/mol. The number of hydrogen-bond acceptors (Lipinski definition) is 0. The number of allylic oxidation sites excluding steroid dienone is 16. The van der Waals surface area contributed by atoms with Gasteiger partial charge in [-0.15, -0.1) is 0 Å². The van der Waals surface area contributed by atoms with Gasteiger partial charge in [0.1, 0.15) is 0 Å². The molecule has 2 aromatic carbocycles. The Hall–Kier alpha value is -3.64. The SMILES string of the molecule is CCCC1=C2Cc3ccc(-c4ccc(C(C)(C)C)cc4)cc3C2CC2C3C=C(C=CC12)C1=C2C(=C3)C3C=C(C4C=CC(C(C)(C)C)=CC4)CCC3C2CCC1. The molecule has 0 spiro atoms. The zero-order chi connectivity index (χ0) is 37.8. The molecule has 0 saturated heterocycles. The highest BCUT2D eigenvalue weighted by atomic mass is 14.5. The smallest absolute Gasteiger partial charge is 0.00607 e. The molecule has 1 fully saturated rings. The van der Waals surface area contributed by atoms with Gasteiger partial charge >= 0.3 is 0 Å². The van der Waals surface area contributed by atoms with E-state index in [4.69, 9.17) is 0 Å². The first-order chi connectivity index (χ1) is 26.5. The van der Waals surface area contributed by atoms with Crippen molar-refractivity contribution in [1.82, 2.24) is 0 Å².